The predicted molar refractivity (Wildman–Crippen MR) is 209 cm³/mol. The van der Waals surface area contributed by atoms with Gasteiger partial charge in [0.2, 0.25) is 0 Å². The second-order valence-electron chi connectivity index (χ2n) is 13.0. The minimum atomic E-state index is 0.592. The van der Waals surface area contributed by atoms with Crippen LogP contribution in [-0.2, 0) is 0 Å². The van der Waals surface area contributed by atoms with Crippen LogP contribution in [-0.4, -0.2) is 19.9 Å². The van der Waals surface area contributed by atoms with E-state index in [-0.39, 0.29) is 0 Å². The first kappa shape index (κ1) is 28.6. The molecule has 6 heteroatoms. The van der Waals surface area contributed by atoms with Crippen LogP contribution in [0.1, 0.15) is 0 Å². The normalized spacial score (nSPS) is 11.8. The zero-order chi connectivity index (χ0) is 34.2. The quantitative estimate of drug-likeness (QED) is 0.186. The van der Waals surface area contributed by atoms with Crippen LogP contribution in [0.3, 0.4) is 0 Å². The molecule has 0 bridgehead atoms. The monoisotopic (exact) mass is 666 g/mol. The molecule has 11 rings (SSSR count). The molecule has 0 spiro atoms. The first-order chi connectivity index (χ1) is 25.8. The van der Waals surface area contributed by atoms with Crippen LogP contribution < -0.4 is 0 Å². The van der Waals surface area contributed by atoms with E-state index in [9.17, 15) is 0 Å². The van der Waals surface area contributed by atoms with Gasteiger partial charge in [-0.3, -0.25) is 4.98 Å². The average molecular weight is 667 g/mol. The van der Waals surface area contributed by atoms with Gasteiger partial charge in [0.15, 0.2) is 17.5 Å². The molecular weight excluding hydrogens is 641 g/mol. The first-order valence-electron chi connectivity index (χ1n) is 17.2. The number of furan rings is 2. The Bertz CT molecular complexity index is 3200. The summed E-state index contributed by atoms with van der Waals surface area (Å²) in [6, 6.07) is 49.8. The van der Waals surface area contributed by atoms with Crippen LogP contribution in [0.2, 0.25) is 0 Å². The number of para-hydroxylation sites is 1. The number of fused-ring (bicyclic) bond motifs is 9. The van der Waals surface area contributed by atoms with Crippen molar-refractivity contribution in [3.05, 3.63) is 158 Å². The van der Waals surface area contributed by atoms with Gasteiger partial charge in [-0.1, -0.05) is 109 Å². The van der Waals surface area contributed by atoms with Crippen molar-refractivity contribution in [1.29, 1.82) is 0 Å². The fourth-order valence-corrected chi connectivity index (χ4v) is 7.65. The van der Waals surface area contributed by atoms with E-state index in [1.165, 1.54) is 0 Å². The van der Waals surface area contributed by atoms with Gasteiger partial charge in [-0.05, 0) is 69.1 Å². The second kappa shape index (κ2) is 11.2. The molecule has 0 aliphatic rings. The smallest absolute Gasteiger partial charge is 0.164 e. The third kappa shape index (κ3) is 4.38. The van der Waals surface area contributed by atoms with Gasteiger partial charge in [0.25, 0.3) is 0 Å². The molecule has 52 heavy (non-hydrogen) atoms. The minimum absolute atomic E-state index is 0.592. The summed E-state index contributed by atoms with van der Waals surface area (Å²) in [7, 11) is 0. The van der Waals surface area contributed by atoms with Gasteiger partial charge in [-0.25, -0.2) is 15.0 Å². The summed E-state index contributed by atoms with van der Waals surface area (Å²) in [6.45, 7) is 0. The van der Waals surface area contributed by atoms with Gasteiger partial charge in [0.1, 0.15) is 22.3 Å². The lowest BCUT2D eigenvalue weighted by molar-refractivity contribution is 0.668. The maximum Gasteiger partial charge on any atom is 0.164 e. The summed E-state index contributed by atoms with van der Waals surface area (Å²) >= 11 is 0. The van der Waals surface area contributed by atoms with E-state index in [1.54, 1.807) is 6.20 Å². The fourth-order valence-electron chi connectivity index (χ4n) is 7.65. The highest BCUT2D eigenvalue weighted by atomic mass is 16.3. The molecule has 0 saturated heterocycles. The van der Waals surface area contributed by atoms with Crippen molar-refractivity contribution >= 4 is 65.4 Å². The van der Waals surface area contributed by atoms with Crippen molar-refractivity contribution in [2.45, 2.75) is 0 Å². The lowest BCUT2D eigenvalue weighted by Gasteiger charge is -2.14. The first-order valence-corrected chi connectivity index (χ1v) is 17.2. The summed E-state index contributed by atoms with van der Waals surface area (Å²) in [5, 5.41) is 8.55. The van der Waals surface area contributed by atoms with Crippen molar-refractivity contribution in [3.63, 3.8) is 0 Å². The molecule has 11 aromatic rings. The molecule has 4 aromatic heterocycles. The van der Waals surface area contributed by atoms with Crippen molar-refractivity contribution in [2.75, 3.05) is 0 Å². The third-order valence-corrected chi connectivity index (χ3v) is 10.0. The number of hydrogen-bond acceptors (Lipinski definition) is 6. The maximum absolute atomic E-state index is 6.24. The number of pyridine rings is 1. The minimum Gasteiger partial charge on any atom is -0.456 e. The lowest BCUT2D eigenvalue weighted by Crippen LogP contribution is -2.01. The summed E-state index contributed by atoms with van der Waals surface area (Å²) in [4.78, 5) is 19.8. The van der Waals surface area contributed by atoms with E-state index in [0.717, 1.165) is 93.2 Å². The third-order valence-electron chi connectivity index (χ3n) is 10.0. The van der Waals surface area contributed by atoms with Crippen molar-refractivity contribution in [2.24, 2.45) is 0 Å². The topological polar surface area (TPSA) is 77.8 Å². The molecule has 0 unspecified atom stereocenters. The molecule has 0 radical (unpaired) electrons. The summed E-state index contributed by atoms with van der Waals surface area (Å²) in [6.07, 6.45) is 3.66. The Labute approximate surface area is 296 Å². The Balaban J connectivity index is 1.13. The lowest BCUT2D eigenvalue weighted by atomic mass is 9.92. The standard InChI is InChI=1S/C46H26N4O2/c1-2-9-28(10-3-1)44-48-45(50-46(49-44)35-14-8-16-40-42(35)34-13-6-7-15-38(34)51-40)33-21-20-30(31-11-4-5-12-32(31)33)29-18-17-27-19-22-41-43(36(27)25-29)37-26-47-24-23-39(37)52-41/h1-26H. The Morgan fingerprint density at radius 2 is 1.02 bits per heavy atom. The van der Waals surface area contributed by atoms with Gasteiger partial charge in [0, 0.05) is 50.6 Å². The van der Waals surface area contributed by atoms with Crippen LogP contribution in [0.25, 0.3) is 111 Å². The van der Waals surface area contributed by atoms with Crippen molar-refractivity contribution < 1.29 is 8.83 Å². The highest BCUT2D eigenvalue weighted by Crippen LogP contribution is 2.41. The fraction of sp³-hybridized carbons (Fsp3) is 0. The summed E-state index contributed by atoms with van der Waals surface area (Å²) in [5.74, 6) is 1.81. The molecule has 0 amide bonds. The predicted octanol–water partition coefficient (Wildman–Crippen LogP) is 12.0. The van der Waals surface area contributed by atoms with E-state index in [1.807, 2.05) is 79.0 Å². The highest BCUT2D eigenvalue weighted by Gasteiger charge is 2.20. The van der Waals surface area contributed by atoms with E-state index in [0.29, 0.717) is 17.5 Å². The molecular formula is C46H26N4O2. The zero-order valence-electron chi connectivity index (χ0n) is 27.6. The van der Waals surface area contributed by atoms with Gasteiger partial charge < -0.3 is 8.83 Å². The molecule has 4 heterocycles. The Kier molecular flexibility index (Phi) is 6.15. The van der Waals surface area contributed by atoms with E-state index in [2.05, 4.69) is 77.8 Å². The van der Waals surface area contributed by atoms with Gasteiger partial charge in [-0.15, -0.1) is 0 Å². The van der Waals surface area contributed by atoms with Gasteiger partial charge in [-0.2, -0.15) is 0 Å². The van der Waals surface area contributed by atoms with Crippen molar-refractivity contribution in [3.8, 4) is 45.3 Å². The molecule has 6 nitrogen and oxygen atoms in total. The molecule has 0 fully saturated rings. The largest absolute Gasteiger partial charge is 0.456 e. The Hall–Kier alpha value is -7.18. The number of nitrogens with zero attached hydrogens (tertiary/aromatic N) is 4. The maximum atomic E-state index is 6.24. The SMILES string of the molecule is c1ccc(-c2nc(-c3ccc(-c4ccc5ccc6oc7ccncc7c6c5c4)c4ccccc34)nc(-c3cccc4oc5ccccc5c34)n2)cc1. The number of hydrogen-bond donors (Lipinski definition) is 0. The van der Waals surface area contributed by atoms with Gasteiger partial charge in [0.05, 0.1) is 0 Å². The second-order valence-corrected chi connectivity index (χ2v) is 13.0. The highest BCUT2D eigenvalue weighted by molar-refractivity contribution is 6.19. The van der Waals surface area contributed by atoms with Crippen LogP contribution in [0.4, 0.5) is 0 Å². The Morgan fingerprint density at radius 1 is 0.365 bits per heavy atom. The summed E-state index contributed by atoms with van der Waals surface area (Å²) in [5.41, 5.74) is 8.29. The molecule has 242 valence electrons. The van der Waals surface area contributed by atoms with Crippen LogP contribution in [0.15, 0.2) is 167 Å². The average Bonchev–Trinajstić information content (AvgIpc) is 3.79. The van der Waals surface area contributed by atoms with Crippen molar-refractivity contribution in [1.82, 2.24) is 19.9 Å². The Morgan fingerprint density at radius 3 is 1.88 bits per heavy atom. The van der Waals surface area contributed by atoms with Crippen LogP contribution in [0.5, 0.6) is 0 Å². The molecule has 0 atom stereocenters. The molecule has 0 N–H and O–H groups in total. The van der Waals surface area contributed by atoms with Crippen LogP contribution in [0, 0.1) is 0 Å². The molecule has 0 aliphatic heterocycles. The van der Waals surface area contributed by atoms with Gasteiger partial charge >= 0.3 is 0 Å². The summed E-state index contributed by atoms with van der Waals surface area (Å²) < 4.78 is 12.4. The molecule has 0 aliphatic carbocycles. The van der Waals surface area contributed by atoms with E-state index in [4.69, 9.17) is 23.8 Å². The molecule has 7 aromatic carbocycles. The zero-order valence-corrected chi connectivity index (χ0v) is 27.6. The van der Waals surface area contributed by atoms with Crippen LogP contribution >= 0.6 is 0 Å². The van der Waals surface area contributed by atoms with E-state index >= 15 is 0 Å². The van der Waals surface area contributed by atoms with E-state index < -0.39 is 0 Å². The molecule has 0 saturated carbocycles. The number of aromatic nitrogens is 4. The number of rotatable bonds is 4. The number of benzene rings is 7.